The SMILES string of the molecule is CC1CCC(C23CCC(OCC45CCC(C)(CC4)C(F)(F)C5(F)F)(CC2)CC3)CC1. The lowest BCUT2D eigenvalue weighted by Crippen LogP contribution is -2.70. The van der Waals surface area contributed by atoms with E-state index in [4.69, 9.17) is 4.74 Å². The second-order valence-corrected chi connectivity index (χ2v) is 12.3. The number of hydrogen-bond donors (Lipinski definition) is 0. The van der Waals surface area contributed by atoms with Gasteiger partial charge in [0.1, 0.15) is 0 Å². The normalized spacial score (nSPS) is 51.8. The van der Waals surface area contributed by atoms with Crippen molar-refractivity contribution in [3.63, 3.8) is 0 Å². The molecule has 4 bridgehead atoms. The summed E-state index contributed by atoms with van der Waals surface area (Å²) >= 11 is 0. The predicted molar refractivity (Wildman–Crippen MR) is 109 cm³/mol. The fourth-order valence-electron chi connectivity index (χ4n) is 8.03. The molecule has 5 heteroatoms. The van der Waals surface area contributed by atoms with Crippen LogP contribution in [0.1, 0.15) is 104 Å². The van der Waals surface area contributed by atoms with Crippen molar-refractivity contribution in [3.05, 3.63) is 0 Å². The first-order valence-corrected chi connectivity index (χ1v) is 12.4. The van der Waals surface area contributed by atoms with E-state index in [0.717, 1.165) is 50.4 Å². The van der Waals surface area contributed by atoms with Crippen LogP contribution in [0.4, 0.5) is 17.6 Å². The van der Waals surface area contributed by atoms with Gasteiger partial charge in [0.15, 0.2) is 0 Å². The molecule has 7 rings (SSSR count). The lowest BCUT2D eigenvalue weighted by molar-refractivity contribution is -0.374. The average molecular weight is 431 g/mol. The molecule has 0 amide bonds. The maximum absolute atomic E-state index is 15.1. The Hall–Kier alpha value is -0.320. The molecule has 7 aliphatic rings. The number of halogens is 4. The molecule has 0 radical (unpaired) electrons. The fraction of sp³-hybridized carbons (Fsp3) is 1.00. The summed E-state index contributed by atoms with van der Waals surface area (Å²) in [6, 6.07) is 0. The highest BCUT2D eigenvalue weighted by Gasteiger charge is 2.80. The van der Waals surface area contributed by atoms with Gasteiger partial charge in [-0.1, -0.05) is 26.7 Å². The van der Waals surface area contributed by atoms with Crippen molar-refractivity contribution in [1.82, 2.24) is 0 Å². The van der Waals surface area contributed by atoms with E-state index in [1.807, 2.05) is 0 Å². The monoisotopic (exact) mass is 430 g/mol. The first-order valence-electron chi connectivity index (χ1n) is 12.4. The maximum Gasteiger partial charge on any atom is 0.318 e. The minimum atomic E-state index is -3.98. The summed E-state index contributed by atoms with van der Waals surface area (Å²) in [5, 5.41) is 0. The molecular formula is C25H38F4O. The maximum atomic E-state index is 15.1. The summed E-state index contributed by atoms with van der Waals surface area (Å²) in [6.45, 7) is 3.50. The highest BCUT2D eigenvalue weighted by molar-refractivity contribution is 5.17. The Kier molecular flexibility index (Phi) is 4.74. The molecule has 0 aromatic carbocycles. The molecule has 7 aliphatic carbocycles. The van der Waals surface area contributed by atoms with Gasteiger partial charge in [0.25, 0.3) is 0 Å². The quantitative estimate of drug-likeness (QED) is 0.414. The van der Waals surface area contributed by atoms with Crippen molar-refractivity contribution in [3.8, 4) is 0 Å². The molecule has 0 saturated heterocycles. The molecule has 7 saturated carbocycles. The Balaban J connectivity index is 1.26. The van der Waals surface area contributed by atoms with Crippen LogP contribution in [0.15, 0.2) is 0 Å². The molecule has 0 unspecified atom stereocenters. The van der Waals surface area contributed by atoms with Crippen molar-refractivity contribution in [2.24, 2.45) is 28.1 Å². The summed E-state index contributed by atoms with van der Waals surface area (Å²) in [5.74, 6) is -6.26. The van der Waals surface area contributed by atoms with Gasteiger partial charge < -0.3 is 4.74 Å². The Labute approximate surface area is 178 Å². The topological polar surface area (TPSA) is 9.23 Å². The third-order valence-electron chi connectivity index (χ3n) is 10.9. The van der Waals surface area contributed by atoms with Crippen LogP contribution in [0.3, 0.4) is 0 Å². The molecule has 172 valence electrons. The van der Waals surface area contributed by atoms with E-state index < -0.39 is 22.7 Å². The molecule has 0 atom stereocenters. The smallest absolute Gasteiger partial charge is 0.318 e. The number of hydrogen-bond acceptors (Lipinski definition) is 1. The van der Waals surface area contributed by atoms with E-state index in [9.17, 15) is 8.78 Å². The Morgan fingerprint density at radius 3 is 1.77 bits per heavy atom. The van der Waals surface area contributed by atoms with Gasteiger partial charge in [-0.15, -0.1) is 0 Å². The first kappa shape index (κ1) is 21.5. The average Bonchev–Trinajstić information content (AvgIpc) is 2.74. The second kappa shape index (κ2) is 6.60. The summed E-state index contributed by atoms with van der Waals surface area (Å²) in [5.41, 5.74) is -3.17. The van der Waals surface area contributed by atoms with Gasteiger partial charge in [-0.25, -0.2) is 0 Å². The molecule has 1 nitrogen and oxygen atoms in total. The highest BCUT2D eigenvalue weighted by atomic mass is 19.3. The van der Waals surface area contributed by atoms with Gasteiger partial charge in [0, 0.05) is 5.41 Å². The van der Waals surface area contributed by atoms with Gasteiger partial charge >= 0.3 is 11.8 Å². The zero-order valence-corrected chi connectivity index (χ0v) is 18.7. The van der Waals surface area contributed by atoms with Crippen molar-refractivity contribution in [2.75, 3.05) is 6.61 Å². The van der Waals surface area contributed by atoms with Crippen molar-refractivity contribution >= 4 is 0 Å². The Morgan fingerprint density at radius 2 is 1.23 bits per heavy atom. The molecule has 0 N–H and O–H groups in total. The summed E-state index contributed by atoms with van der Waals surface area (Å²) < 4.78 is 65.9. The number of fused-ring (bicyclic) bond motifs is 6. The molecular weight excluding hydrogens is 392 g/mol. The van der Waals surface area contributed by atoms with Crippen molar-refractivity contribution < 1.29 is 22.3 Å². The van der Waals surface area contributed by atoms with E-state index in [1.165, 1.54) is 32.6 Å². The van der Waals surface area contributed by atoms with Crippen LogP contribution in [0.25, 0.3) is 0 Å². The van der Waals surface area contributed by atoms with Gasteiger partial charge in [-0.3, -0.25) is 0 Å². The van der Waals surface area contributed by atoms with Gasteiger partial charge in [0.2, 0.25) is 0 Å². The molecule has 0 aliphatic heterocycles. The van der Waals surface area contributed by atoms with Crippen molar-refractivity contribution in [2.45, 2.75) is 121 Å². The molecule has 30 heavy (non-hydrogen) atoms. The minimum absolute atomic E-state index is 0.159. The molecule has 7 fully saturated rings. The second-order valence-electron chi connectivity index (χ2n) is 12.3. The van der Waals surface area contributed by atoms with E-state index in [0.29, 0.717) is 5.41 Å². The van der Waals surface area contributed by atoms with Crippen LogP contribution >= 0.6 is 0 Å². The highest BCUT2D eigenvalue weighted by Crippen LogP contribution is 2.70. The van der Waals surface area contributed by atoms with E-state index in [1.54, 1.807) is 0 Å². The van der Waals surface area contributed by atoms with Crippen LogP contribution in [-0.4, -0.2) is 24.1 Å². The van der Waals surface area contributed by atoms with Crippen LogP contribution in [-0.2, 0) is 4.74 Å². The fourth-order valence-corrected chi connectivity index (χ4v) is 8.03. The van der Waals surface area contributed by atoms with E-state index in [2.05, 4.69) is 6.92 Å². The standard InChI is InChI=1S/C25H38F4O/c1-18-3-5-19(6-4-18)21-9-14-23(15-10-21,16-11-21)30-17-22-12-7-20(2,8-13-22)24(26,27)25(22,28)29/h18-19H,3-17H2,1-2H3. The van der Waals surface area contributed by atoms with Gasteiger partial charge in [-0.2, -0.15) is 17.6 Å². The number of alkyl halides is 4. The van der Waals surface area contributed by atoms with Crippen molar-refractivity contribution in [1.29, 1.82) is 0 Å². The third-order valence-corrected chi connectivity index (χ3v) is 10.9. The number of ether oxygens (including phenoxy) is 1. The lowest BCUT2D eigenvalue weighted by Gasteiger charge is -2.61. The molecule has 0 aromatic heterocycles. The predicted octanol–water partition coefficient (Wildman–Crippen LogP) is 7.77. The van der Waals surface area contributed by atoms with Crippen LogP contribution in [0, 0.1) is 28.1 Å². The lowest BCUT2D eigenvalue weighted by atomic mass is 9.50. The summed E-state index contributed by atoms with van der Waals surface area (Å²) in [6.07, 6.45) is 12.2. The minimum Gasteiger partial charge on any atom is -0.374 e. The Bertz CT molecular complexity index is 646. The number of rotatable bonds is 4. The van der Waals surface area contributed by atoms with Crippen LogP contribution in [0.2, 0.25) is 0 Å². The third kappa shape index (κ3) is 2.75. The Morgan fingerprint density at radius 1 is 0.700 bits per heavy atom. The zero-order valence-electron chi connectivity index (χ0n) is 18.7. The van der Waals surface area contributed by atoms with Crippen LogP contribution < -0.4 is 0 Å². The molecule has 0 spiro atoms. The summed E-state index contributed by atoms with van der Waals surface area (Å²) in [7, 11) is 0. The largest absolute Gasteiger partial charge is 0.374 e. The summed E-state index contributed by atoms with van der Waals surface area (Å²) in [4.78, 5) is 0. The molecule has 0 aromatic rings. The van der Waals surface area contributed by atoms with E-state index >= 15 is 8.78 Å². The van der Waals surface area contributed by atoms with Crippen LogP contribution in [0.5, 0.6) is 0 Å². The zero-order chi connectivity index (χ0) is 21.5. The van der Waals surface area contributed by atoms with Gasteiger partial charge in [0.05, 0.1) is 17.6 Å². The first-order chi connectivity index (χ1) is 14.0. The molecule has 0 heterocycles. The van der Waals surface area contributed by atoms with Gasteiger partial charge in [-0.05, 0) is 94.3 Å². The van der Waals surface area contributed by atoms with E-state index in [-0.39, 0.29) is 37.9 Å².